The van der Waals surface area contributed by atoms with Crippen LogP contribution in [0.3, 0.4) is 0 Å². The van der Waals surface area contributed by atoms with Crippen molar-refractivity contribution in [3.8, 4) is 23.0 Å². The molecule has 2 nitrogen and oxygen atoms in total. The van der Waals surface area contributed by atoms with Crippen molar-refractivity contribution in [3.63, 3.8) is 0 Å². The van der Waals surface area contributed by atoms with Gasteiger partial charge >= 0.3 is 0 Å². The Morgan fingerprint density at radius 3 is 0.959 bits per heavy atom. The van der Waals surface area contributed by atoms with Crippen molar-refractivity contribution in [2.75, 3.05) is 23.0 Å². The lowest BCUT2D eigenvalue weighted by Gasteiger charge is -2.34. The molecule has 2 fully saturated rings. The highest BCUT2D eigenvalue weighted by molar-refractivity contribution is 8.26. The van der Waals surface area contributed by atoms with Gasteiger partial charge < -0.3 is 9.47 Å². The molecule has 0 N–H and O–H groups in total. The zero-order valence-corrected chi connectivity index (χ0v) is 49.9. The molecule has 4 heterocycles. The summed E-state index contributed by atoms with van der Waals surface area (Å²) in [5.74, 6) is 9.68. The van der Waals surface area contributed by atoms with Gasteiger partial charge in [0.25, 0.3) is 0 Å². The molecule has 0 aromatic heterocycles. The minimum Gasteiger partial charge on any atom is -0.457 e. The highest BCUT2D eigenvalue weighted by Gasteiger charge is 2.37. The third-order valence-electron chi connectivity index (χ3n) is 12.1. The van der Waals surface area contributed by atoms with E-state index in [1.807, 2.05) is 42.5 Å². The number of rotatable bonds is 6. The fourth-order valence-corrected chi connectivity index (χ4v) is 19.1. The van der Waals surface area contributed by atoms with Gasteiger partial charge in [0.1, 0.15) is 23.0 Å². The lowest BCUT2D eigenvalue weighted by molar-refractivity contribution is 0.410. The van der Waals surface area contributed by atoms with Crippen LogP contribution in [0, 0.1) is 0 Å². The minimum atomic E-state index is -1.08. The first-order valence-electron chi connectivity index (χ1n) is 22.8. The van der Waals surface area contributed by atoms with Crippen molar-refractivity contribution in [3.05, 3.63) is 252 Å². The summed E-state index contributed by atoms with van der Waals surface area (Å²) in [7, 11) is 0. The van der Waals surface area contributed by atoms with E-state index in [1.54, 1.807) is 0 Å². The van der Waals surface area contributed by atoms with Gasteiger partial charge in [-0.1, -0.05) is 249 Å². The number of hydrogen-bond donors (Lipinski definition) is 0. The van der Waals surface area contributed by atoms with Gasteiger partial charge in [-0.05, 0) is 41.0 Å². The lowest BCUT2D eigenvalue weighted by Crippen LogP contribution is -2.16. The van der Waals surface area contributed by atoms with Crippen LogP contribution in [0.1, 0.15) is 61.7 Å². The summed E-state index contributed by atoms with van der Waals surface area (Å²) in [4.78, 5) is 0. The van der Waals surface area contributed by atoms with E-state index in [4.69, 9.17) is 137 Å². The second-order valence-electron chi connectivity index (χ2n) is 16.6. The highest BCUT2D eigenvalue weighted by Crippen LogP contribution is 2.57. The summed E-state index contributed by atoms with van der Waals surface area (Å²) in [6, 6.07) is 54.5. The number of halogens is 11. The Bertz CT molecular complexity index is 2950. The molecule has 74 heavy (non-hydrogen) atoms. The molecule has 12 rings (SSSR count). The van der Waals surface area contributed by atoms with Gasteiger partial charge in [-0.15, -0.1) is 58.6 Å². The van der Waals surface area contributed by atoms with Crippen molar-refractivity contribution < 1.29 is 9.47 Å². The van der Waals surface area contributed by atoms with Gasteiger partial charge in [0.2, 0.25) is 0 Å². The summed E-state index contributed by atoms with van der Waals surface area (Å²) in [5.41, 5.74) is 7.84. The number of alkyl halides is 1. The number of para-hydroxylation sites is 2. The molecule has 2 saturated heterocycles. The summed E-state index contributed by atoms with van der Waals surface area (Å²) in [6.45, 7) is 0. The van der Waals surface area contributed by atoms with Crippen LogP contribution in [-0.2, 0) is 0 Å². The molecular formula is C57H39Cl11O2S4. The van der Waals surface area contributed by atoms with Crippen LogP contribution in [-0.4, -0.2) is 32.2 Å². The molecule has 17 heteroatoms. The Balaban J connectivity index is 0.000000125. The molecule has 0 atom stereocenters. The van der Waals surface area contributed by atoms with Crippen LogP contribution < -0.4 is 9.47 Å². The van der Waals surface area contributed by atoms with Crippen molar-refractivity contribution >= 4 is 175 Å². The molecule has 0 amide bonds. The van der Waals surface area contributed by atoms with E-state index in [9.17, 15) is 0 Å². The molecule has 0 unspecified atom stereocenters. The second kappa shape index (κ2) is 26.3. The van der Waals surface area contributed by atoms with Gasteiger partial charge in [-0.25, -0.2) is 0 Å². The maximum atomic E-state index is 6.49. The first-order valence-corrected chi connectivity index (χ1v) is 31.2. The van der Waals surface area contributed by atoms with E-state index in [0.29, 0.717) is 5.92 Å². The standard InChI is InChI=1S/C19H12O2.C19H16.C13HCl11.C6H10S4/c1-3-8-14-12(6-1)18-13-7-2-4-9-15(13)21-17-11-5-10-16(20-14)19(17)18;1-4-10-16(11-5-1)19(17-12-6-2-7-13-17)18-14-8-3-9-15-18;14-3(1-4(15)8(19)12(23)9(20)5(1)16)2-6(17)10(21)13(24)11(22)7(2)18;1-2-8-5(7-1)6-9-3-4-10-6/h1-11,18H;1-15,19H;3H;5-6H,1-4H2. The number of fused-ring (bicyclic) bond motifs is 4. The van der Waals surface area contributed by atoms with Crippen LogP contribution in [0.5, 0.6) is 23.0 Å². The lowest BCUT2D eigenvalue weighted by atomic mass is 9.80. The normalized spacial score (nSPS) is 14.6. The van der Waals surface area contributed by atoms with E-state index in [0.717, 1.165) is 37.7 Å². The highest BCUT2D eigenvalue weighted by atomic mass is 35.5. The zero-order valence-electron chi connectivity index (χ0n) is 38.3. The van der Waals surface area contributed by atoms with Gasteiger partial charge in [0.05, 0.1) is 64.8 Å². The average molecular weight is 1270 g/mol. The van der Waals surface area contributed by atoms with Gasteiger partial charge in [-0.3, -0.25) is 0 Å². The molecule has 0 spiro atoms. The molecule has 8 aromatic rings. The van der Waals surface area contributed by atoms with Crippen molar-refractivity contribution in [2.24, 2.45) is 0 Å². The number of hydrogen-bond acceptors (Lipinski definition) is 6. The van der Waals surface area contributed by atoms with E-state index in [1.165, 1.54) is 50.8 Å². The van der Waals surface area contributed by atoms with E-state index in [-0.39, 0.29) is 67.3 Å². The van der Waals surface area contributed by atoms with Crippen LogP contribution in [0.15, 0.2) is 158 Å². The van der Waals surface area contributed by atoms with Crippen molar-refractivity contribution in [1.82, 2.24) is 0 Å². The second-order valence-corrected chi connectivity index (χ2v) is 26.4. The Labute approximate surface area is 503 Å². The molecule has 0 radical (unpaired) electrons. The summed E-state index contributed by atoms with van der Waals surface area (Å²) >= 11 is 76.1. The van der Waals surface area contributed by atoms with Crippen molar-refractivity contribution in [2.45, 2.75) is 26.4 Å². The first kappa shape index (κ1) is 56.7. The quantitative estimate of drug-likeness (QED) is 0.0710. The first-order chi connectivity index (χ1) is 35.8. The molecule has 0 bridgehead atoms. The number of benzene rings is 8. The Hall–Kier alpha value is -2.05. The Kier molecular flexibility index (Phi) is 20.1. The molecular weight excluding hydrogens is 1230 g/mol. The third kappa shape index (κ3) is 12.4. The van der Waals surface area contributed by atoms with Crippen LogP contribution in [0.4, 0.5) is 0 Å². The summed E-state index contributed by atoms with van der Waals surface area (Å²) in [6.07, 6.45) is 0. The largest absolute Gasteiger partial charge is 0.457 e. The predicted octanol–water partition coefficient (Wildman–Crippen LogP) is 23.1. The zero-order chi connectivity index (χ0) is 52.0. The molecule has 380 valence electrons. The van der Waals surface area contributed by atoms with Crippen LogP contribution >= 0.6 is 175 Å². The van der Waals surface area contributed by atoms with Crippen molar-refractivity contribution in [1.29, 1.82) is 0 Å². The predicted molar refractivity (Wildman–Crippen MR) is 329 cm³/mol. The molecule has 4 aliphatic rings. The fraction of sp³-hybridized carbons (Fsp3) is 0.158. The van der Waals surface area contributed by atoms with E-state index in [2.05, 4.69) is 162 Å². The smallest absolute Gasteiger partial charge is 0.135 e. The SMILES string of the molecule is C1CSC(C2SCCS2)S1.Clc1c(Cl)c(Cl)c(C(Cl)c2c(Cl)c(Cl)c(Cl)c(Cl)c2Cl)c(Cl)c1Cl.c1ccc(C(c2ccccc2)c2ccccc2)cc1.c1ccc2c(c1)Oc1cccc3c1C2c1ccccc1O3. The van der Waals surface area contributed by atoms with E-state index >= 15 is 0 Å². The Morgan fingerprint density at radius 2 is 0.622 bits per heavy atom. The fourth-order valence-electron chi connectivity index (χ4n) is 8.74. The maximum Gasteiger partial charge on any atom is 0.135 e. The number of thioether (sulfide) groups is 4. The number of ether oxygens (including phenoxy) is 2. The van der Waals surface area contributed by atoms with Gasteiger partial charge in [-0.2, -0.15) is 0 Å². The summed E-state index contributed by atoms with van der Waals surface area (Å²) in [5, 5.41) is -1.22. The van der Waals surface area contributed by atoms with Crippen LogP contribution in [0.2, 0.25) is 50.2 Å². The molecule has 0 aliphatic carbocycles. The van der Waals surface area contributed by atoms with E-state index < -0.39 is 5.38 Å². The average Bonchev–Trinajstić information content (AvgIpc) is 4.19. The maximum absolute atomic E-state index is 6.49. The third-order valence-corrected chi connectivity index (χ3v) is 24.2. The Morgan fingerprint density at radius 1 is 0.338 bits per heavy atom. The van der Waals surface area contributed by atoms with Crippen LogP contribution in [0.25, 0.3) is 0 Å². The van der Waals surface area contributed by atoms with Gasteiger partial charge in [0.15, 0.2) is 0 Å². The molecule has 4 aliphatic heterocycles. The topological polar surface area (TPSA) is 18.5 Å². The molecule has 0 saturated carbocycles. The molecule has 8 aromatic carbocycles. The van der Waals surface area contributed by atoms with Gasteiger partial charge in [0, 0.05) is 62.7 Å². The minimum absolute atomic E-state index is 0.00889. The summed E-state index contributed by atoms with van der Waals surface area (Å²) < 4.78 is 13.9. The monoisotopic (exact) mass is 1270 g/mol.